The molecule has 3 aromatic rings. The number of aryl methyl sites for hydroxylation is 1. The lowest BCUT2D eigenvalue weighted by atomic mass is 9.98. The number of halogens is 2. The molecule has 200 valence electrons. The zero-order valence-corrected chi connectivity index (χ0v) is 22.4. The molecular formula is C31H34F2N2O2S. The fraction of sp³-hybridized carbons (Fsp3) is 0.323. The SMILES string of the molecule is C=CCSc1cccc(C(=O)N[C@@H](Cc2cc(F)cc(F)c2)[C@@H](O)CNC2(c3cccc(CC)c3)CC2)c1. The molecule has 4 rings (SSSR count). The van der Waals surface area contributed by atoms with Crippen molar-refractivity contribution < 1.29 is 18.7 Å². The van der Waals surface area contributed by atoms with Crippen LogP contribution >= 0.6 is 11.8 Å². The summed E-state index contributed by atoms with van der Waals surface area (Å²) in [5.74, 6) is -1.04. The molecule has 0 saturated heterocycles. The summed E-state index contributed by atoms with van der Waals surface area (Å²) in [5.41, 5.74) is 3.04. The Balaban J connectivity index is 1.50. The second kappa shape index (κ2) is 12.7. The van der Waals surface area contributed by atoms with Crippen molar-refractivity contribution in [2.75, 3.05) is 12.3 Å². The lowest BCUT2D eigenvalue weighted by Crippen LogP contribution is -2.50. The molecular weight excluding hydrogens is 502 g/mol. The number of carbonyl (C=O) groups excluding carboxylic acids is 1. The molecule has 0 aliphatic heterocycles. The number of amides is 1. The van der Waals surface area contributed by atoms with Crippen molar-refractivity contribution in [3.8, 4) is 0 Å². The topological polar surface area (TPSA) is 61.4 Å². The normalized spacial score (nSPS) is 15.5. The number of thioether (sulfide) groups is 1. The highest BCUT2D eigenvalue weighted by Gasteiger charge is 2.44. The number of hydrogen-bond donors (Lipinski definition) is 3. The highest BCUT2D eigenvalue weighted by atomic mass is 32.2. The van der Waals surface area contributed by atoms with Crippen LogP contribution in [0.25, 0.3) is 0 Å². The Morgan fingerprint density at radius 1 is 1.08 bits per heavy atom. The Morgan fingerprint density at radius 3 is 2.50 bits per heavy atom. The fourth-order valence-corrected chi connectivity index (χ4v) is 5.32. The molecule has 1 aliphatic rings. The minimum absolute atomic E-state index is 0.0759. The molecule has 7 heteroatoms. The molecule has 2 atom stereocenters. The molecule has 0 aromatic heterocycles. The van der Waals surface area contributed by atoms with Crippen LogP contribution in [0.1, 0.15) is 46.8 Å². The first-order chi connectivity index (χ1) is 18.3. The van der Waals surface area contributed by atoms with Gasteiger partial charge in [0.05, 0.1) is 12.1 Å². The monoisotopic (exact) mass is 536 g/mol. The predicted molar refractivity (Wildman–Crippen MR) is 149 cm³/mol. The molecule has 0 heterocycles. The van der Waals surface area contributed by atoms with Gasteiger partial charge < -0.3 is 15.7 Å². The molecule has 1 fully saturated rings. The van der Waals surface area contributed by atoms with Crippen LogP contribution in [0.3, 0.4) is 0 Å². The molecule has 3 N–H and O–H groups in total. The van der Waals surface area contributed by atoms with Crippen molar-refractivity contribution in [1.82, 2.24) is 10.6 Å². The van der Waals surface area contributed by atoms with E-state index < -0.39 is 23.8 Å². The van der Waals surface area contributed by atoms with E-state index in [2.05, 4.69) is 48.4 Å². The van der Waals surface area contributed by atoms with Crippen molar-refractivity contribution >= 4 is 17.7 Å². The van der Waals surface area contributed by atoms with Gasteiger partial charge in [0.15, 0.2) is 0 Å². The van der Waals surface area contributed by atoms with Crippen LogP contribution in [0.4, 0.5) is 8.78 Å². The Morgan fingerprint density at radius 2 is 1.82 bits per heavy atom. The lowest BCUT2D eigenvalue weighted by Gasteiger charge is -2.27. The first-order valence-electron chi connectivity index (χ1n) is 12.9. The fourth-order valence-electron chi connectivity index (χ4n) is 4.62. The Bertz CT molecular complexity index is 1260. The van der Waals surface area contributed by atoms with Crippen LogP contribution in [-0.4, -0.2) is 35.5 Å². The van der Waals surface area contributed by atoms with Gasteiger partial charge in [-0.3, -0.25) is 4.79 Å². The van der Waals surface area contributed by atoms with Gasteiger partial charge in [0.1, 0.15) is 11.6 Å². The highest BCUT2D eigenvalue weighted by Crippen LogP contribution is 2.45. The van der Waals surface area contributed by atoms with Gasteiger partial charge in [-0.25, -0.2) is 8.78 Å². The minimum atomic E-state index is -0.990. The van der Waals surface area contributed by atoms with Gasteiger partial charge in [0.25, 0.3) is 5.91 Å². The van der Waals surface area contributed by atoms with E-state index in [1.54, 1.807) is 36.0 Å². The summed E-state index contributed by atoms with van der Waals surface area (Å²) in [7, 11) is 0. The zero-order chi connectivity index (χ0) is 27.1. The predicted octanol–water partition coefficient (Wildman–Crippen LogP) is 5.79. The maximum absolute atomic E-state index is 13.9. The number of benzene rings is 3. The standard InChI is InChI=1S/C31H34F2N2O2S/c1-3-13-38-27-10-6-8-23(18-27)30(37)35-28(17-22-15-25(32)19-26(33)16-22)29(36)20-34-31(11-12-31)24-9-5-7-21(4-2)14-24/h3,5-10,14-16,18-19,28-29,34,36H,1,4,11-13,17,20H2,2H3,(H,35,37)/t28-,29-/m0/s1. The smallest absolute Gasteiger partial charge is 0.251 e. The van der Waals surface area contributed by atoms with Gasteiger partial charge in [-0.2, -0.15) is 0 Å². The zero-order valence-electron chi connectivity index (χ0n) is 21.6. The summed E-state index contributed by atoms with van der Waals surface area (Å²) in [6, 6.07) is 18.1. The Labute approximate surface area is 227 Å². The van der Waals surface area contributed by atoms with Crippen LogP contribution in [-0.2, 0) is 18.4 Å². The molecule has 1 saturated carbocycles. The van der Waals surface area contributed by atoms with E-state index in [-0.39, 0.29) is 24.4 Å². The van der Waals surface area contributed by atoms with E-state index in [1.165, 1.54) is 23.3 Å². The quantitative estimate of drug-likeness (QED) is 0.191. The van der Waals surface area contributed by atoms with Crippen molar-refractivity contribution in [2.24, 2.45) is 0 Å². The second-order valence-electron chi connectivity index (χ2n) is 9.77. The van der Waals surface area contributed by atoms with E-state index in [0.29, 0.717) is 16.9 Å². The maximum atomic E-state index is 13.9. The van der Waals surface area contributed by atoms with E-state index in [0.717, 1.165) is 30.2 Å². The van der Waals surface area contributed by atoms with Crippen LogP contribution in [0.5, 0.6) is 0 Å². The maximum Gasteiger partial charge on any atom is 0.251 e. The molecule has 4 nitrogen and oxygen atoms in total. The van der Waals surface area contributed by atoms with Crippen LogP contribution < -0.4 is 10.6 Å². The lowest BCUT2D eigenvalue weighted by molar-refractivity contribution is 0.0822. The third-order valence-corrected chi connectivity index (χ3v) is 7.90. The molecule has 38 heavy (non-hydrogen) atoms. The minimum Gasteiger partial charge on any atom is -0.390 e. The summed E-state index contributed by atoms with van der Waals surface area (Å²) in [5, 5.41) is 17.7. The summed E-state index contributed by atoms with van der Waals surface area (Å²) in [4.78, 5) is 14.1. The number of aliphatic hydroxyl groups excluding tert-OH is 1. The largest absolute Gasteiger partial charge is 0.390 e. The second-order valence-corrected chi connectivity index (χ2v) is 10.9. The van der Waals surface area contributed by atoms with E-state index in [4.69, 9.17) is 0 Å². The summed E-state index contributed by atoms with van der Waals surface area (Å²) in [6.45, 7) is 6.06. The molecule has 3 aromatic carbocycles. The molecule has 0 radical (unpaired) electrons. The first-order valence-corrected chi connectivity index (χ1v) is 13.9. The third kappa shape index (κ3) is 7.31. The molecule has 0 bridgehead atoms. The van der Waals surface area contributed by atoms with Gasteiger partial charge in [-0.1, -0.05) is 43.3 Å². The summed E-state index contributed by atoms with van der Waals surface area (Å²) >= 11 is 1.56. The number of rotatable bonds is 13. The molecule has 1 aliphatic carbocycles. The Hall–Kier alpha value is -3.00. The average molecular weight is 537 g/mol. The van der Waals surface area contributed by atoms with Crippen LogP contribution in [0, 0.1) is 11.6 Å². The van der Waals surface area contributed by atoms with Gasteiger partial charge in [-0.15, -0.1) is 18.3 Å². The highest BCUT2D eigenvalue weighted by molar-refractivity contribution is 7.99. The third-order valence-electron chi connectivity index (χ3n) is 6.91. The summed E-state index contributed by atoms with van der Waals surface area (Å²) < 4.78 is 27.8. The molecule has 0 spiro atoms. The number of hydrogen-bond acceptors (Lipinski definition) is 4. The van der Waals surface area contributed by atoms with Gasteiger partial charge >= 0.3 is 0 Å². The van der Waals surface area contributed by atoms with Gasteiger partial charge in [-0.05, 0) is 72.7 Å². The average Bonchev–Trinajstić information content (AvgIpc) is 3.71. The number of carbonyl (C=O) groups is 1. The van der Waals surface area contributed by atoms with Crippen molar-refractivity contribution in [2.45, 2.75) is 55.2 Å². The van der Waals surface area contributed by atoms with Crippen molar-refractivity contribution in [3.63, 3.8) is 0 Å². The van der Waals surface area contributed by atoms with E-state index >= 15 is 0 Å². The number of nitrogens with one attached hydrogen (secondary N) is 2. The molecule has 0 unspecified atom stereocenters. The van der Waals surface area contributed by atoms with Crippen LogP contribution in [0.2, 0.25) is 0 Å². The van der Waals surface area contributed by atoms with E-state index in [1.807, 2.05) is 6.07 Å². The van der Waals surface area contributed by atoms with Crippen LogP contribution in [0.15, 0.2) is 84.3 Å². The first kappa shape index (κ1) is 28.0. The molecule has 1 amide bonds. The van der Waals surface area contributed by atoms with Crippen molar-refractivity contribution in [1.29, 1.82) is 0 Å². The van der Waals surface area contributed by atoms with Crippen molar-refractivity contribution in [3.05, 3.63) is 113 Å². The van der Waals surface area contributed by atoms with E-state index in [9.17, 15) is 18.7 Å². The Kier molecular flexibility index (Phi) is 9.36. The van der Waals surface area contributed by atoms with Gasteiger partial charge in [0.2, 0.25) is 0 Å². The summed E-state index contributed by atoms with van der Waals surface area (Å²) in [6.07, 6.45) is 3.73. The number of aliphatic hydroxyl groups is 1. The van der Waals surface area contributed by atoms with Gasteiger partial charge in [0, 0.05) is 34.4 Å².